The molecule has 0 N–H and O–H groups in total. The lowest BCUT2D eigenvalue weighted by Gasteiger charge is -2.19. The van der Waals surface area contributed by atoms with E-state index >= 15 is 0 Å². The Hall–Kier alpha value is -2.13. The van der Waals surface area contributed by atoms with Gasteiger partial charge in [-0.1, -0.05) is 63.1 Å². The van der Waals surface area contributed by atoms with E-state index < -0.39 is 0 Å². The minimum absolute atomic E-state index is 0.627. The highest BCUT2D eigenvalue weighted by molar-refractivity contribution is 5.76. The Balaban J connectivity index is 1.48. The third-order valence-corrected chi connectivity index (χ3v) is 6.81. The smallest absolute Gasteiger partial charge is 0.110 e. The number of benzene rings is 2. The van der Waals surface area contributed by atoms with Crippen molar-refractivity contribution in [1.82, 2.24) is 14.5 Å². The van der Waals surface area contributed by atoms with Crippen LogP contribution in [0.2, 0.25) is 0 Å². The van der Waals surface area contributed by atoms with Gasteiger partial charge in [-0.3, -0.25) is 0 Å². The summed E-state index contributed by atoms with van der Waals surface area (Å²) in [7, 11) is 0. The minimum atomic E-state index is 0.627. The van der Waals surface area contributed by atoms with Gasteiger partial charge in [0.25, 0.3) is 0 Å². The van der Waals surface area contributed by atoms with Crippen LogP contribution in [-0.2, 0) is 13.0 Å². The fourth-order valence-corrected chi connectivity index (χ4v) is 4.68. The molecule has 0 amide bonds. The molecule has 4 rings (SSSR count). The molecule has 30 heavy (non-hydrogen) atoms. The van der Waals surface area contributed by atoms with E-state index in [0.717, 1.165) is 18.5 Å². The maximum absolute atomic E-state index is 5.01. The Kier molecular flexibility index (Phi) is 7.22. The highest BCUT2D eigenvalue weighted by Crippen LogP contribution is 2.22. The third kappa shape index (κ3) is 5.13. The normalized spacial score (nSPS) is 16.6. The largest absolute Gasteiger partial charge is 0.323 e. The van der Waals surface area contributed by atoms with Crippen molar-refractivity contribution in [2.24, 2.45) is 0 Å². The zero-order valence-electron chi connectivity index (χ0n) is 18.8. The Morgan fingerprint density at radius 1 is 0.933 bits per heavy atom. The van der Waals surface area contributed by atoms with E-state index in [9.17, 15) is 0 Å². The number of aryl methyl sites for hydroxylation is 1. The fraction of sp³-hybridized carbons (Fsp3) is 0.519. The molecule has 0 aliphatic carbocycles. The number of aromatic nitrogens is 2. The van der Waals surface area contributed by atoms with Gasteiger partial charge in [-0.25, -0.2) is 4.98 Å². The summed E-state index contributed by atoms with van der Waals surface area (Å²) in [5, 5.41) is 0. The van der Waals surface area contributed by atoms with Gasteiger partial charge in [-0.15, -0.1) is 0 Å². The summed E-state index contributed by atoms with van der Waals surface area (Å²) in [4.78, 5) is 7.67. The van der Waals surface area contributed by atoms with Gasteiger partial charge in [0, 0.05) is 13.0 Å². The molecular weight excluding hydrogens is 366 g/mol. The molecule has 1 atom stereocenters. The number of likely N-dealkylation sites (tertiary alicyclic amines) is 1. The monoisotopic (exact) mass is 403 g/mol. The van der Waals surface area contributed by atoms with E-state index in [0.29, 0.717) is 5.92 Å². The SMILES string of the molecule is CCC(C)c1ccc(Cn2c(CCCN3CCCCCC3)nc3ccccc32)cc1. The number of fused-ring (bicyclic) bond motifs is 1. The number of hydrogen-bond donors (Lipinski definition) is 0. The molecule has 0 radical (unpaired) electrons. The van der Waals surface area contributed by atoms with E-state index in [4.69, 9.17) is 4.98 Å². The molecule has 1 unspecified atom stereocenters. The van der Waals surface area contributed by atoms with Crippen molar-refractivity contribution in [3.63, 3.8) is 0 Å². The standard InChI is InChI=1S/C27H37N3/c1-3-22(2)24-16-14-23(15-17-24)21-30-26-12-7-6-11-25(26)28-27(30)13-10-20-29-18-8-4-5-9-19-29/h6-7,11-12,14-17,22H,3-5,8-10,13,18-21H2,1-2H3. The van der Waals surface area contributed by atoms with Crippen LogP contribution in [0.4, 0.5) is 0 Å². The zero-order chi connectivity index (χ0) is 20.8. The van der Waals surface area contributed by atoms with Crippen molar-refractivity contribution in [2.75, 3.05) is 19.6 Å². The highest BCUT2D eigenvalue weighted by atomic mass is 15.1. The third-order valence-electron chi connectivity index (χ3n) is 6.81. The summed E-state index contributed by atoms with van der Waals surface area (Å²) in [6.45, 7) is 9.22. The molecule has 1 aliphatic rings. The Morgan fingerprint density at radius 3 is 2.40 bits per heavy atom. The lowest BCUT2D eigenvalue weighted by atomic mass is 9.97. The summed E-state index contributed by atoms with van der Waals surface area (Å²) >= 11 is 0. The number of imidazole rings is 1. The average Bonchev–Trinajstić information content (AvgIpc) is 2.93. The molecule has 160 valence electrons. The van der Waals surface area contributed by atoms with Gasteiger partial charge in [0.05, 0.1) is 11.0 Å². The Labute approximate surface area is 182 Å². The van der Waals surface area contributed by atoms with E-state index in [-0.39, 0.29) is 0 Å². The molecule has 1 aromatic heterocycles. The quantitative estimate of drug-likeness (QED) is 0.433. The molecule has 0 bridgehead atoms. The van der Waals surface area contributed by atoms with Gasteiger partial charge in [0.15, 0.2) is 0 Å². The average molecular weight is 404 g/mol. The number of rotatable bonds is 8. The molecule has 3 aromatic rings. The molecule has 3 heteroatoms. The van der Waals surface area contributed by atoms with Crippen molar-refractivity contribution in [3.05, 3.63) is 65.5 Å². The maximum atomic E-state index is 5.01. The highest BCUT2D eigenvalue weighted by Gasteiger charge is 2.13. The van der Waals surface area contributed by atoms with Crippen LogP contribution in [0.5, 0.6) is 0 Å². The maximum Gasteiger partial charge on any atom is 0.110 e. The Bertz CT molecular complexity index is 917. The van der Waals surface area contributed by atoms with Crippen LogP contribution < -0.4 is 0 Å². The second kappa shape index (κ2) is 10.3. The van der Waals surface area contributed by atoms with Crippen molar-refractivity contribution in [2.45, 2.75) is 71.3 Å². The van der Waals surface area contributed by atoms with Crippen LogP contribution in [0.25, 0.3) is 11.0 Å². The lowest BCUT2D eigenvalue weighted by Crippen LogP contribution is -2.26. The van der Waals surface area contributed by atoms with Crippen molar-refractivity contribution >= 4 is 11.0 Å². The summed E-state index contributed by atoms with van der Waals surface area (Å²) in [5.41, 5.74) is 5.18. The molecule has 1 fully saturated rings. The second-order valence-corrected chi connectivity index (χ2v) is 9.01. The lowest BCUT2D eigenvalue weighted by molar-refractivity contribution is 0.280. The summed E-state index contributed by atoms with van der Waals surface area (Å²) in [6.07, 6.45) is 8.97. The molecular formula is C27H37N3. The van der Waals surface area contributed by atoms with Gasteiger partial charge < -0.3 is 9.47 Å². The predicted molar refractivity (Wildman–Crippen MR) is 127 cm³/mol. The molecule has 2 aromatic carbocycles. The second-order valence-electron chi connectivity index (χ2n) is 9.01. The van der Waals surface area contributed by atoms with Gasteiger partial charge in [0.1, 0.15) is 5.82 Å². The van der Waals surface area contributed by atoms with Crippen LogP contribution in [0.1, 0.15) is 75.2 Å². The van der Waals surface area contributed by atoms with Crippen LogP contribution in [-0.4, -0.2) is 34.1 Å². The molecule has 2 heterocycles. The zero-order valence-corrected chi connectivity index (χ0v) is 18.8. The number of hydrogen-bond acceptors (Lipinski definition) is 2. The first-order chi connectivity index (χ1) is 14.7. The van der Waals surface area contributed by atoms with E-state index in [1.807, 2.05) is 0 Å². The van der Waals surface area contributed by atoms with E-state index in [1.54, 1.807) is 0 Å². The van der Waals surface area contributed by atoms with E-state index in [1.165, 1.54) is 80.6 Å². The van der Waals surface area contributed by atoms with Crippen molar-refractivity contribution in [3.8, 4) is 0 Å². The molecule has 3 nitrogen and oxygen atoms in total. The van der Waals surface area contributed by atoms with Gasteiger partial charge in [-0.2, -0.15) is 0 Å². The Morgan fingerprint density at radius 2 is 1.67 bits per heavy atom. The minimum Gasteiger partial charge on any atom is -0.323 e. The molecule has 1 aliphatic heterocycles. The number of para-hydroxylation sites is 2. The van der Waals surface area contributed by atoms with Crippen LogP contribution >= 0.6 is 0 Å². The molecule has 0 saturated carbocycles. The predicted octanol–water partition coefficient (Wildman–Crippen LogP) is 6.41. The van der Waals surface area contributed by atoms with Crippen LogP contribution in [0, 0.1) is 0 Å². The van der Waals surface area contributed by atoms with Gasteiger partial charge >= 0.3 is 0 Å². The first-order valence-electron chi connectivity index (χ1n) is 12.0. The van der Waals surface area contributed by atoms with E-state index in [2.05, 4.69) is 71.8 Å². The van der Waals surface area contributed by atoms with Gasteiger partial charge in [0.2, 0.25) is 0 Å². The van der Waals surface area contributed by atoms with Crippen LogP contribution in [0.15, 0.2) is 48.5 Å². The first-order valence-corrected chi connectivity index (χ1v) is 12.0. The molecule has 1 saturated heterocycles. The van der Waals surface area contributed by atoms with Crippen molar-refractivity contribution in [1.29, 1.82) is 0 Å². The van der Waals surface area contributed by atoms with Crippen molar-refractivity contribution < 1.29 is 0 Å². The fourth-order valence-electron chi connectivity index (χ4n) is 4.68. The molecule has 0 spiro atoms. The summed E-state index contributed by atoms with van der Waals surface area (Å²) in [5.74, 6) is 1.86. The summed E-state index contributed by atoms with van der Waals surface area (Å²) in [6, 6.07) is 17.8. The van der Waals surface area contributed by atoms with Crippen LogP contribution in [0.3, 0.4) is 0 Å². The van der Waals surface area contributed by atoms with Gasteiger partial charge in [-0.05, 0) is 74.5 Å². The first kappa shape index (κ1) is 21.1. The summed E-state index contributed by atoms with van der Waals surface area (Å²) < 4.78 is 2.44. The number of nitrogens with zero attached hydrogens (tertiary/aromatic N) is 3. The topological polar surface area (TPSA) is 21.1 Å².